The van der Waals surface area contributed by atoms with Gasteiger partial charge in [-0.2, -0.15) is 0 Å². The van der Waals surface area contributed by atoms with Crippen molar-refractivity contribution in [2.75, 3.05) is 20.2 Å². The number of Topliss-reactive ketones (excluding diaryl/α,β-unsaturated/α-hetero) is 1. The Labute approximate surface area is 147 Å². The Morgan fingerprint density at radius 2 is 1.96 bits per heavy atom. The Hall–Kier alpha value is -0.670. The third kappa shape index (κ3) is 2.59. The van der Waals surface area contributed by atoms with E-state index in [4.69, 9.17) is 0 Å². The normalized spacial score (nSPS) is 41.9. The van der Waals surface area contributed by atoms with Crippen molar-refractivity contribution in [3.05, 3.63) is 11.6 Å². The molecule has 0 saturated heterocycles. The number of rotatable bonds is 3. The van der Waals surface area contributed by atoms with Crippen molar-refractivity contribution in [2.45, 2.75) is 65.7 Å². The molecule has 3 nitrogen and oxygen atoms in total. The molecule has 3 heteroatoms. The zero-order valence-electron chi connectivity index (χ0n) is 16.0. The topological polar surface area (TPSA) is 49.3 Å². The number of likely N-dealkylation sites (N-methyl/N-ethyl adjacent to an activating group) is 1. The first-order chi connectivity index (χ1) is 11.3. The molecule has 0 aromatic heterocycles. The molecular weight excluding hydrogens is 298 g/mol. The van der Waals surface area contributed by atoms with Crippen molar-refractivity contribution in [2.24, 2.45) is 28.1 Å². The van der Waals surface area contributed by atoms with Gasteiger partial charge in [-0.1, -0.05) is 38.8 Å². The highest BCUT2D eigenvalue weighted by Crippen LogP contribution is 2.65. The Kier molecular flexibility index (Phi) is 4.72. The summed E-state index contributed by atoms with van der Waals surface area (Å²) in [5.41, 5.74) is 1.22. The lowest BCUT2D eigenvalue weighted by molar-refractivity contribution is -0.166. The van der Waals surface area contributed by atoms with E-state index >= 15 is 0 Å². The van der Waals surface area contributed by atoms with Crippen LogP contribution in [-0.4, -0.2) is 31.1 Å². The highest BCUT2D eigenvalue weighted by molar-refractivity contribution is 5.88. The summed E-state index contributed by atoms with van der Waals surface area (Å²) in [6.07, 6.45) is 9.49. The zero-order chi connectivity index (χ0) is 17.6. The van der Waals surface area contributed by atoms with Crippen LogP contribution >= 0.6 is 0 Å². The summed E-state index contributed by atoms with van der Waals surface area (Å²) < 4.78 is 0. The first-order valence-electron chi connectivity index (χ1n) is 9.77. The van der Waals surface area contributed by atoms with Crippen LogP contribution in [0.5, 0.6) is 0 Å². The van der Waals surface area contributed by atoms with Crippen LogP contribution in [0.4, 0.5) is 0 Å². The molecule has 0 spiro atoms. The van der Waals surface area contributed by atoms with Crippen LogP contribution in [0.2, 0.25) is 0 Å². The summed E-state index contributed by atoms with van der Waals surface area (Å²) in [7, 11) is 1.94. The number of carbonyl (C=O) groups excluding carboxylic acids is 1. The van der Waals surface area contributed by atoms with E-state index < -0.39 is 5.41 Å². The summed E-state index contributed by atoms with van der Waals surface area (Å²) in [5.74, 6) is 1.24. The van der Waals surface area contributed by atoms with Gasteiger partial charge in [0.15, 0.2) is 0 Å². The predicted octanol–water partition coefficient (Wildman–Crippen LogP) is 3.72. The van der Waals surface area contributed by atoms with Crippen LogP contribution in [0.1, 0.15) is 65.7 Å². The molecule has 0 aromatic carbocycles. The minimum atomic E-state index is -0.509. The van der Waals surface area contributed by atoms with Gasteiger partial charge >= 0.3 is 0 Å². The second kappa shape index (κ2) is 6.25. The molecule has 3 aliphatic carbocycles. The second-order valence-corrected chi connectivity index (χ2v) is 9.53. The molecule has 0 aliphatic heterocycles. The minimum Gasteiger partial charge on any atom is -0.395 e. The smallest absolute Gasteiger partial charge is 0.145 e. The fourth-order valence-electron chi connectivity index (χ4n) is 6.72. The molecule has 0 aromatic rings. The number of aliphatic hydroxyl groups is 1. The average molecular weight is 334 g/mol. The summed E-state index contributed by atoms with van der Waals surface area (Å²) in [6, 6.07) is 0. The minimum absolute atomic E-state index is 0.0277. The van der Waals surface area contributed by atoms with Gasteiger partial charge in [0.05, 0.1) is 12.0 Å². The maximum absolute atomic E-state index is 13.2. The van der Waals surface area contributed by atoms with Gasteiger partial charge in [0.2, 0.25) is 0 Å². The number of carbonyl (C=O) groups is 1. The van der Waals surface area contributed by atoms with Gasteiger partial charge in [-0.25, -0.2) is 0 Å². The molecule has 0 bridgehead atoms. The molecule has 24 heavy (non-hydrogen) atoms. The molecule has 136 valence electrons. The highest BCUT2D eigenvalue weighted by atomic mass is 16.3. The first kappa shape index (κ1) is 18.1. The molecule has 2 fully saturated rings. The number of allylic oxidation sites excluding steroid dienone is 1. The highest BCUT2D eigenvalue weighted by Gasteiger charge is 2.61. The lowest BCUT2D eigenvalue weighted by Gasteiger charge is -2.62. The van der Waals surface area contributed by atoms with E-state index in [9.17, 15) is 9.90 Å². The number of hydrogen-bond acceptors (Lipinski definition) is 3. The van der Waals surface area contributed by atoms with E-state index in [2.05, 4.69) is 32.2 Å². The quantitative estimate of drug-likeness (QED) is 0.774. The van der Waals surface area contributed by atoms with Gasteiger partial charge in [0, 0.05) is 13.0 Å². The van der Waals surface area contributed by atoms with Crippen LogP contribution in [-0.2, 0) is 4.79 Å². The van der Waals surface area contributed by atoms with Crippen LogP contribution in [0.3, 0.4) is 0 Å². The Morgan fingerprint density at radius 3 is 2.62 bits per heavy atom. The number of hydrogen-bond donors (Lipinski definition) is 2. The zero-order valence-corrected chi connectivity index (χ0v) is 16.0. The van der Waals surface area contributed by atoms with Crippen molar-refractivity contribution >= 4 is 5.78 Å². The molecule has 2 saturated carbocycles. The predicted molar refractivity (Wildman–Crippen MR) is 97.7 cm³/mol. The molecule has 3 rings (SSSR count). The van der Waals surface area contributed by atoms with Crippen molar-refractivity contribution < 1.29 is 9.90 Å². The molecule has 0 heterocycles. The molecule has 0 amide bonds. The molecule has 2 N–H and O–H groups in total. The number of ketones is 1. The Morgan fingerprint density at radius 1 is 1.21 bits per heavy atom. The Bertz CT molecular complexity index is 538. The van der Waals surface area contributed by atoms with Gasteiger partial charge in [-0.05, 0) is 61.8 Å². The van der Waals surface area contributed by atoms with Gasteiger partial charge in [0.1, 0.15) is 5.78 Å². The summed E-state index contributed by atoms with van der Waals surface area (Å²) in [4.78, 5) is 13.2. The van der Waals surface area contributed by atoms with E-state index in [1.807, 2.05) is 7.05 Å². The molecule has 3 aliphatic rings. The molecular formula is C21H35NO2. The third-order valence-electron chi connectivity index (χ3n) is 7.89. The van der Waals surface area contributed by atoms with Gasteiger partial charge in [-0.15, -0.1) is 0 Å². The number of aliphatic hydroxyl groups excluding tert-OH is 1. The molecule has 0 radical (unpaired) electrons. The SMILES string of the molecule is CNCC1=CCC2C(CO)(CCC3C(C)(C)CCCC32C)C(=O)C1. The second-order valence-electron chi connectivity index (χ2n) is 9.53. The fraction of sp³-hybridized carbons (Fsp3) is 0.857. The van der Waals surface area contributed by atoms with Gasteiger partial charge < -0.3 is 10.4 Å². The standard InChI is InChI=1S/C21H35NO2/c1-19(2)9-5-10-20(3)16(19)8-11-21(14-23)17(20)7-6-15(13-22-4)12-18(21)24/h6,16-17,22-23H,5,7-14H2,1-4H3. The fourth-order valence-corrected chi connectivity index (χ4v) is 6.72. The van der Waals surface area contributed by atoms with E-state index in [0.717, 1.165) is 25.8 Å². The van der Waals surface area contributed by atoms with Crippen molar-refractivity contribution in [1.82, 2.24) is 5.32 Å². The number of fused-ring (bicyclic) bond motifs is 3. The van der Waals surface area contributed by atoms with Crippen LogP contribution in [0.25, 0.3) is 0 Å². The first-order valence-corrected chi connectivity index (χ1v) is 9.77. The summed E-state index contributed by atoms with van der Waals surface area (Å²) in [6.45, 7) is 8.08. The summed E-state index contributed by atoms with van der Waals surface area (Å²) >= 11 is 0. The van der Waals surface area contributed by atoms with E-state index in [1.54, 1.807) is 0 Å². The van der Waals surface area contributed by atoms with E-state index in [0.29, 0.717) is 17.8 Å². The van der Waals surface area contributed by atoms with Gasteiger partial charge in [-0.3, -0.25) is 4.79 Å². The van der Waals surface area contributed by atoms with Crippen LogP contribution < -0.4 is 5.32 Å². The lowest BCUT2D eigenvalue weighted by Crippen LogP contribution is -2.58. The van der Waals surface area contributed by atoms with Crippen LogP contribution in [0, 0.1) is 28.1 Å². The van der Waals surface area contributed by atoms with E-state index in [-0.39, 0.29) is 23.7 Å². The van der Waals surface area contributed by atoms with Crippen molar-refractivity contribution in [3.8, 4) is 0 Å². The maximum Gasteiger partial charge on any atom is 0.145 e. The third-order valence-corrected chi connectivity index (χ3v) is 7.89. The van der Waals surface area contributed by atoms with Crippen molar-refractivity contribution in [1.29, 1.82) is 0 Å². The van der Waals surface area contributed by atoms with Crippen molar-refractivity contribution in [3.63, 3.8) is 0 Å². The summed E-state index contributed by atoms with van der Waals surface area (Å²) in [5, 5.41) is 13.6. The molecule has 4 atom stereocenters. The lowest BCUT2D eigenvalue weighted by atomic mass is 9.42. The molecule has 4 unspecified atom stereocenters. The van der Waals surface area contributed by atoms with Crippen LogP contribution in [0.15, 0.2) is 11.6 Å². The Balaban J connectivity index is 2.03. The van der Waals surface area contributed by atoms with E-state index in [1.165, 1.54) is 24.8 Å². The number of nitrogens with one attached hydrogen (secondary N) is 1. The average Bonchev–Trinajstić information content (AvgIpc) is 2.65. The maximum atomic E-state index is 13.2. The van der Waals surface area contributed by atoms with Gasteiger partial charge in [0.25, 0.3) is 0 Å². The largest absolute Gasteiger partial charge is 0.395 e. The monoisotopic (exact) mass is 333 g/mol.